The van der Waals surface area contributed by atoms with Crippen LogP contribution < -0.4 is 5.01 Å². The van der Waals surface area contributed by atoms with Gasteiger partial charge >= 0.3 is 0 Å². The largest absolute Gasteiger partial charge is 0.338 e. The van der Waals surface area contributed by atoms with E-state index in [4.69, 9.17) is 23.2 Å². The van der Waals surface area contributed by atoms with Gasteiger partial charge in [-0.3, -0.25) is 9.59 Å². The number of benzene rings is 2. The first kappa shape index (κ1) is 25.9. The van der Waals surface area contributed by atoms with Crippen LogP contribution in [0.3, 0.4) is 0 Å². The van der Waals surface area contributed by atoms with E-state index in [1.54, 1.807) is 23.1 Å². The zero-order chi connectivity index (χ0) is 26.1. The van der Waals surface area contributed by atoms with Crippen LogP contribution in [-0.4, -0.2) is 50.5 Å². The van der Waals surface area contributed by atoms with Crippen molar-refractivity contribution in [2.24, 2.45) is 5.10 Å². The van der Waals surface area contributed by atoms with E-state index in [0.717, 1.165) is 35.7 Å². The summed E-state index contributed by atoms with van der Waals surface area (Å²) in [7, 11) is 1.82. The Balaban J connectivity index is 1.23. The Labute approximate surface area is 233 Å². The second kappa shape index (κ2) is 10.9. The fourth-order valence-electron chi connectivity index (χ4n) is 4.85. The van der Waals surface area contributed by atoms with Gasteiger partial charge in [-0.1, -0.05) is 56.5 Å². The van der Waals surface area contributed by atoms with Crippen LogP contribution in [0, 0.1) is 0 Å². The standard InChI is InChI=1S/C26H25BrCl2N6O2/c1-33(26(37)22-13-14-24(36)35(31-22)19-7-5-16(27)6-8-19)17-9-11-18(12-10-17)34-15-23(30-32-34)20-3-2-4-21(28)25(20)29/h2-8,15,17-18H,9-14H2,1H3. The third-order valence-corrected chi connectivity index (χ3v) is 8.34. The van der Waals surface area contributed by atoms with E-state index in [9.17, 15) is 9.59 Å². The topological polar surface area (TPSA) is 83.7 Å². The van der Waals surface area contributed by atoms with Crippen molar-refractivity contribution in [1.29, 1.82) is 0 Å². The lowest BCUT2D eigenvalue weighted by molar-refractivity contribution is -0.125. The summed E-state index contributed by atoms with van der Waals surface area (Å²) in [5.41, 5.74) is 2.49. The van der Waals surface area contributed by atoms with E-state index in [2.05, 4.69) is 31.3 Å². The molecule has 0 unspecified atom stereocenters. The zero-order valence-electron chi connectivity index (χ0n) is 20.1. The molecule has 37 heavy (non-hydrogen) atoms. The summed E-state index contributed by atoms with van der Waals surface area (Å²) in [5, 5.41) is 15.4. The molecule has 0 bridgehead atoms. The molecule has 192 valence electrons. The molecule has 0 spiro atoms. The van der Waals surface area contributed by atoms with Crippen LogP contribution in [0.15, 0.2) is 58.2 Å². The summed E-state index contributed by atoms with van der Waals surface area (Å²) in [6.45, 7) is 0. The quantitative estimate of drug-likeness (QED) is 0.351. The molecule has 5 rings (SSSR count). The summed E-state index contributed by atoms with van der Waals surface area (Å²) >= 11 is 15.9. The molecule has 1 saturated carbocycles. The Morgan fingerprint density at radius 3 is 2.51 bits per heavy atom. The molecule has 11 heteroatoms. The van der Waals surface area contributed by atoms with E-state index in [1.165, 1.54) is 5.01 Å². The Hall–Kier alpha value is -2.75. The van der Waals surface area contributed by atoms with Crippen LogP contribution in [0.5, 0.6) is 0 Å². The third-order valence-electron chi connectivity index (χ3n) is 7.00. The van der Waals surface area contributed by atoms with Crippen molar-refractivity contribution in [3.8, 4) is 11.3 Å². The van der Waals surface area contributed by atoms with Crippen molar-refractivity contribution in [3.05, 3.63) is 63.2 Å². The average molecular weight is 604 g/mol. The van der Waals surface area contributed by atoms with Gasteiger partial charge in [0.05, 0.1) is 28.0 Å². The van der Waals surface area contributed by atoms with E-state index < -0.39 is 0 Å². The molecular formula is C26H25BrCl2N6O2. The number of hydrogen-bond donors (Lipinski definition) is 0. The molecule has 0 N–H and O–H groups in total. The number of rotatable bonds is 5. The Morgan fingerprint density at radius 1 is 1.05 bits per heavy atom. The average Bonchev–Trinajstić information content (AvgIpc) is 3.40. The van der Waals surface area contributed by atoms with Crippen molar-refractivity contribution in [2.45, 2.75) is 50.6 Å². The van der Waals surface area contributed by atoms with Gasteiger partial charge in [-0.05, 0) is 56.0 Å². The van der Waals surface area contributed by atoms with Gasteiger partial charge in [0.1, 0.15) is 11.4 Å². The molecule has 1 aliphatic carbocycles. The molecule has 2 heterocycles. The second-order valence-electron chi connectivity index (χ2n) is 9.29. The second-order valence-corrected chi connectivity index (χ2v) is 11.0. The van der Waals surface area contributed by atoms with Crippen LogP contribution in [-0.2, 0) is 9.59 Å². The third kappa shape index (κ3) is 5.44. The highest BCUT2D eigenvalue weighted by molar-refractivity contribution is 9.10. The van der Waals surface area contributed by atoms with Gasteiger partial charge in [0, 0.05) is 36.0 Å². The normalized spacial score (nSPS) is 20.1. The highest BCUT2D eigenvalue weighted by Crippen LogP contribution is 2.35. The van der Waals surface area contributed by atoms with Crippen molar-refractivity contribution < 1.29 is 9.59 Å². The van der Waals surface area contributed by atoms with Gasteiger partial charge in [0.15, 0.2) is 0 Å². The minimum Gasteiger partial charge on any atom is -0.338 e. The maximum absolute atomic E-state index is 13.3. The highest BCUT2D eigenvalue weighted by atomic mass is 79.9. The van der Waals surface area contributed by atoms with Crippen molar-refractivity contribution in [1.82, 2.24) is 19.9 Å². The maximum Gasteiger partial charge on any atom is 0.270 e. The molecule has 0 saturated heterocycles. The van der Waals surface area contributed by atoms with Gasteiger partial charge in [-0.25, -0.2) is 9.69 Å². The summed E-state index contributed by atoms with van der Waals surface area (Å²) in [4.78, 5) is 27.6. The van der Waals surface area contributed by atoms with Crippen LogP contribution in [0.2, 0.25) is 10.0 Å². The lowest BCUT2D eigenvalue weighted by Gasteiger charge is -2.35. The number of aromatic nitrogens is 3. The molecule has 1 aliphatic heterocycles. The molecule has 2 aromatic carbocycles. The number of halogens is 3. The highest BCUT2D eigenvalue weighted by Gasteiger charge is 2.32. The van der Waals surface area contributed by atoms with Crippen molar-refractivity contribution in [3.63, 3.8) is 0 Å². The Kier molecular flexibility index (Phi) is 7.65. The van der Waals surface area contributed by atoms with E-state index in [-0.39, 0.29) is 30.3 Å². The monoisotopic (exact) mass is 602 g/mol. The van der Waals surface area contributed by atoms with Crippen molar-refractivity contribution in [2.75, 3.05) is 12.1 Å². The number of anilines is 1. The van der Waals surface area contributed by atoms with Gasteiger partial charge in [-0.2, -0.15) is 5.10 Å². The number of carbonyl (C=O) groups excluding carboxylic acids is 2. The lowest BCUT2D eigenvalue weighted by atomic mass is 9.90. The Morgan fingerprint density at radius 2 is 1.78 bits per heavy atom. The van der Waals surface area contributed by atoms with Crippen LogP contribution in [0.1, 0.15) is 44.6 Å². The SMILES string of the molecule is CN(C(=O)C1=NN(c2ccc(Br)cc2)C(=O)CC1)C1CCC(n2cc(-c3cccc(Cl)c3Cl)nn2)CC1. The van der Waals surface area contributed by atoms with E-state index >= 15 is 0 Å². The number of amides is 2. The summed E-state index contributed by atoms with van der Waals surface area (Å²) < 4.78 is 2.80. The Bertz CT molecular complexity index is 1350. The molecule has 2 amide bonds. The van der Waals surface area contributed by atoms with Gasteiger partial charge < -0.3 is 4.90 Å². The molecule has 1 aromatic heterocycles. The molecule has 1 fully saturated rings. The maximum atomic E-state index is 13.3. The molecule has 0 radical (unpaired) electrons. The fraction of sp³-hybridized carbons (Fsp3) is 0.346. The summed E-state index contributed by atoms with van der Waals surface area (Å²) in [5.74, 6) is -0.245. The van der Waals surface area contributed by atoms with E-state index in [0.29, 0.717) is 33.6 Å². The van der Waals surface area contributed by atoms with Crippen molar-refractivity contribution >= 4 is 62.3 Å². The van der Waals surface area contributed by atoms with Gasteiger partial charge in [-0.15, -0.1) is 5.10 Å². The van der Waals surface area contributed by atoms with Crippen LogP contribution in [0.4, 0.5) is 5.69 Å². The molecular weight excluding hydrogens is 579 g/mol. The first-order valence-electron chi connectivity index (χ1n) is 12.1. The summed E-state index contributed by atoms with van der Waals surface area (Å²) in [6.07, 6.45) is 5.91. The minimum absolute atomic E-state index is 0.0931. The predicted molar refractivity (Wildman–Crippen MR) is 148 cm³/mol. The number of hydrogen-bond acceptors (Lipinski definition) is 5. The van der Waals surface area contributed by atoms with Gasteiger partial charge in [0.25, 0.3) is 5.91 Å². The molecule has 2 aliphatic rings. The first-order valence-corrected chi connectivity index (χ1v) is 13.7. The fourth-order valence-corrected chi connectivity index (χ4v) is 5.51. The molecule has 3 aromatic rings. The number of hydrazone groups is 1. The molecule has 0 atom stereocenters. The van der Waals surface area contributed by atoms with E-state index in [1.807, 2.05) is 42.2 Å². The van der Waals surface area contributed by atoms with Gasteiger partial charge in [0.2, 0.25) is 5.91 Å². The number of carbonyl (C=O) groups is 2. The van der Waals surface area contributed by atoms with Crippen LogP contribution in [0.25, 0.3) is 11.3 Å². The zero-order valence-corrected chi connectivity index (χ0v) is 23.2. The summed E-state index contributed by atoms with van der Waals surface area (Å²) in [6, 6.07) is 13.0. The lowest BCUT2D eigenvalue weighted by Crippen LogP contribution is -2.45. The minimum atomic E-state index is -0.128. The first-order chi connectivity index (χ1) is 17.8. The number of nitrogens with zero attached hydrogens (tertiary/aromatic N) is 6. The smallest absolute Gasteiger partial charge is 0.270 e. The van der Waals surface area contributed by atoms with Crippen LogP contribution >= 0.6 is 39.1 Å². The predicted octanol–water partition coefficient (Wildman–Crippen LogP) is 6.14. The molecule has 8 nitrogen and oxygen atoms in total.